The number of tetrazole rings is 1. The fraction of sp³-hybridized carbons (Fsp3) is 0.800. The summed E-state index contributed by atoms with van der Waals surface area (Å²) in [5.74, 6) is 0.0120. The Morgan fingerprint density at radius 1 is 1.44 bits per heavy atom. The highest BCUT2D eigenvalue weighted by atomic mass is 16.2. The summed E-state index contributed by atoms with van der Waals surface area (Å²) < 4.78 is 1.45. The summed E-state index contributed by atoms with van der Waals surface area (Å²) in [6, 6.07) is 0. The van der Waals surface area contributed by atoms with E-state index >= 15 is 0 Å². The molecule has 1 aromatic rings. The molecule has 0 bridgehead atoms. The van der Waals surface area contributed by atoms with Gasteiger partial charge in [-0.25, -0.2) is 4.68 Å². The number of carbonyl (C=O) groups excluding carboxylic acids is 1. The number of nitrogens with zero attached hydrogens (tertiary/aromatic N) is 4. The molecule has 0 spiro atoms. The molecule has 1 aromatic heterocycles. The Kier molecular flexibility index (Phi) is 1.84. The molecular formula is C10H15N5O. The molecule has 16 heavy (non-hydrogen) atoms. The highest BCUT2D eigenvalue weighted by molar-refractivity contribution is 5.77. The van der Waals surface area contributed by atoms with Gasteiger partial charge in [0, 0.05) is 5.54 Å². The number of carbonyl (C=O) groups is 1. The highest BCUT2D eigenvalue weighted by Gasteiger charge is 2.63. The Balaban J connectivity index is 1.61. The summed E-state index contributed by atoms with van der Waals surface area (Å²) in [6.07, 6.45) is 6.16. The van der Waals surface area contributed by atoms with E-state index in [1.165, 1.54) is 23.9 Å². The van der Waals surface area contributed by atoms with Gasteiger partial charge in [-0.1, -0.05) is 6.92 Å². The molecule has 0 aliphatic heterocycles. The monoisotopic (exact) mass is 221 g/mol. The maximum Gasteiger partial charge on any atom is 0.242 e. The van der Waals surface area contributed by atoms with Crippen LogP contribution in [0.4, 0.5) is 0 Å². The third kappa shape index (κ3) is 1.48. The van der Waals surface area contributed by atoms with Crippen LogP contribution < -0.4 is 5.32 Å². The predicted octanol–water partition coefficient (Wildman–Crippen LogP) is 0.122. The van der Waals surface area contributed by atoms with Gasteiger partial charge >= 0.3 is 0 Å². The zero-order valence-electron chi connectivity index (χ0n) is 9.31. The minimum atomic E-state index is 0.0120. The van der Waals surface area contributed by atoms with Gasteiger partial charge in [-0.3, -0.25) is 4.79 Å². The number of rotatable bonds is 4. The first-order valence-electron chi connectivity index (χ1n) is 5.65. The third-order valence-electron chi connectivity index (χ3n) is 3.98. The average Bonchev–Trinajstić information content (AvgIpc) is 3.11. The van der Waals surface area contributed by atoms with Crippen molar-refractivity contribution in [1.29, 1.82) is 0 Å². The molecule has 2 saturated carbocycles. The Bertz CT molecular complexity index is 405. The molecule has 1 N–H and O–H groups in total. The smallest absolute Gasteiger partial charge is 0.242 e. The molecule has 2 aliphatic rings. The molecular weight excluding hydrogens is 206 g/mol. The molecule has 6 heteroatoms. The molecule has 1 heterocycles. The standard InChI is InChI=1S/C10H15N5O/c1-9(2-3-9)10(4-5-10)12-8(16)6-15-7-11-13-14-15/h7H,2-6H2,1H3,(H,12,16). The summed E-state index contributed by atoms with van der Waals surface area (Å²) >= 11 is 0. The number of aromatic nitrogens is 4. The molecule has 6 nitrogen and oxygen atoms in total. The van der Waals surface area contributed by atoms with Crippen molar-refractivity contribution in [3.63, 3.8) is 0 Å². The van der Waals surface area contributed by atoms with Crippen LogP contribution in [0.25, 0.3) is 0 Å². The fourth-order valence-electron chi connectivity index (χ4n) is 2.38. The van der Waals surface area contributed by atoms with E-state index in [9.17, 15) is 4.79 Å². The summed E-state index contributed by atoms with van der Waals surface area (Å²) in [6.45, 7) is 2.47. The van der Waals surface area contributed by atoms with Crippen molar-refractivity contribution in [2.75, 3.05) is 0 Å². The van der Waals surface area contributed by atoms with Gasteiger partial charge in [0.05, 0.1) is 0 Å². The zero-order valence-corrected chi connectivity index (χ0v) is 9.31. The minimum absolute atomic E-state index is 0.0120. The maximum atomic E-state index is 11.8. The quantitative estimate of drug-likeness (QED) is 0.784. The lowest BCUT2D eigenvalue weighted by Crippen LogP contribution is -2.44. The van der Waals surface area contributed by atoms with Crippen LogP contribution in [0.2, 0.25) is 0 Å². The molecule has 1 amide bonds. The molecule has 2 fully saturated rings. The van der Waals surface area contributed by atoms with Gasteiger partial charge in [0.2, 0.25) is 5.91 Å². The molecule has 0 atom stereocenters. The van der Waals surface area contributed by atoms with Gasteiger partial charge in [0.1, 0.15) is 12.9 Å². The van der Waals surface area contributed by atoms with Crippen molar-refractivity contribution < 1.29 is 4.79 Å². The Labute approximate surface area is 93.4 Å². The minimum Gasteiger partial charge on any atom is -0.349 e. The van der Waals surface area contributed by atoms with Crippen LogP contribution >= 0.6 is 0 Å². The second-order valence-corrected chi connectivity index (χ2v) is 5.20. The van der Waals surface area contributed by atoms with E-state index in [0.29, 0.717) is 5.41 Å². The molecule has 0 unspecified atom stereocenters. The van der Waals surface area contributed by atoms with Crippen molar-refractivity contribution in [3.05, 3.63) is 6.33 Å². The van der Waals surface area contributed by atoms with Crippen LogP contribution in [0.1, 0.15) is 32.6 Å². The Morgan fingerprint density at radius 2 is 2.19 bits per heavy atom. The van der Waals surface area contributed by atoms with E-state index in [0.717, 1.165) is 12.8 Å². The van der Waals surface area contributed by atoms with Crippen molar-refractivity contribution in [3.8, 4) is 0 Å². The van der Waals surface area contributed by atoms with E-state index < -0.39 is 0 Å². The Morgan fingerprint density at radius 3 is 2.69 bits per heavy atom. The molecule has 2 aliphatic carbocycles. The lowest BCUT2D eigenvalue weighted by Gasteiger charge is -2.24. The molecule has 0 aromatic carbocycles. The largest absolute Gasteiger partial charge is 0.349 e. The van der Waals surface area contributed by atoms with Crippen molar-refractivity contribution >= 4 is 5.91 Å². The van der Waals surface area contributed by atoms with Crippen LogP contribution in [0.15, 0.2) is 6.33 Å². The third-order valence-corrected chi connectivity index (χ3v) is 3.98. The van der Waals surface area contributed by atoms with Crippen LogP contribution in [0.5, 0.6) is 0 Å². The number of hydrogen-bond acceptors (Lipinski definition) is 4. The lowest BCUT2D eigenvalue weighted by molar-refractivity contribution is -0.123. The normalized spacial score (nSPS) is 23.8. The topological polar surface area (TPSA) is 72.7 Å². The van der Waals surface area contributed by atoms with Crippen LogP contribution in [0.3, 0.4) is 0 Å². The molecule has 0 radical (unpaired) electrons. The van der Waals surface area contributed by atoms with Crippen LogP contribution in [0, 0.1) is 5.41 Å². The van der Waals surface area contributed by atoms with Crippen LogP contribution in [-0.4, -0.2) is 31.7 Å². The van der Waals surface area contributed by atoms with Gasteiger partial charge in [-0.2, -0.15) is 0 Å². The molecule has 0 saturated heterocycles. The lowest BCUT2D eigenvalue weighted by atomic mass is 9.96. The van der Waals surface area contributed by atoms with Crippen molar-refractivity contribution in [2.45, 2.75) is 44.7 Å². The van der Waals surface area contributed by atoms with Gasteiger partial charge < -0.3 is 5.32 Å². The zero-order chi connectivity index (χ0) is 11.2. The predicted molar refractivity (Wildman–Crippen MR) is 55.3 cm³/mol. The number of nitrogens with one attached hydrogen (secondary N) is 1. The first-order chi connectivity index (χ1) is 7.64. The van der Waals surface area contributed by atoms with E-state index in [1.807, 2.05) is 0 Å². The SMILES string of the molecule is CC1(C2(NC(=O)Cn3cnnn3)CC2)CC1. The number of amides is 1. The number of hydrogen-bond donors (Lipinski definition) is 1. The van der Waals surface area contributed by atoms with E-state index in [2.05, 4.69) is 27.8 Å². The van der Waals surface area contributed by atoms with Gasteiger partial charge in [-0.05, 0) is 41.5 Å². The van der Waals surface area contributed by atoms with Gasteiger partial charge in [0.25, 0.3) is 0 Å². The first-order valence-corrected chi connectivity index (χ1v) is 5.65. The maximum absolute atomic E-state index is 11.8. The summed E-state index contributed by atoms with van der Waals surface area (Å²) in [5, 5.41) is 13.8. The summed E-state index contributed by atoms with van der Waals surface area (Å²) in [5.41, 5.74) is 0.432. The van der Waals surface area contributed by atoms with Gasteiger partial charge in [-0.15, -0.1) is 5.10 Å². The van der Waals surface area contributed by atoms with Crippen molar-refractivity contribution in [2.24, 2.45) is 5.41 Å². The first kappa shape index (κ1) is 9.74. The Hall–Kier alpha value is -1.46. The second-order valence-electron chi connectivity index (χ2n) is 5.20. The van der Waals surface area contributed by atoms with E-state index in [-0.39, 0.29) is 18.0 Å². The second kappa shape index (κ2) is 3.02. The molecule has 3 rings (SSSR count). The van der Waals surface area contributed by atoms with Gasteiger partial charge in [0.15, 0.2) is 0 Å². The highest BCUT2D eigenvalue weighted by Crippen LogP contribution is 2.63. The summed E-state index contributed by atoms with van der Waals surface area (Å²) in [4.78, 5) is 11.8. The van der Waals surface area contributed by atoms with Crippen molar-refractivity contribution in [1.82, 2.24) is 25.5 Å². The van der Waals surface area contributed by atoms with E-state index in [4.69, 9.17) is 0 Å². The van der Waals surface area contributed by atoms with Crippen LogP contribution in [-0.2, 0) is 11.3 Å². The van der Waals surface area contributed by atoms with E-state index in [1.54, 1.807) is 0 Å². The summed E-state index contributed by atoms with van der Waals surface area (Å²) in [7, 11) is 0. The average molecular weight is 221 g/mol. The fourth-order valence-corrected chi connectivity index (χ4v) is 2.38. The molecule has 86 valence electrons.